The van der Waals surface area contributed by atoms with E-state index < -0.39 is 20.7 Å². The molecule has 56 heavy (non-hydrogen) atoms. The van der Waals surface area contributed by atoms with E-state index in [1.165, 1.54) is 35.6 Å². The molecule has 0 aliphatic rings. The van der Waals surface area contributed by atoms with Gasteiger partial charge < -0.3 is 27.8 Å². The Hall–Kier alpha value is -7.28. The van der Waals surface area contributed by atoms with Crippen molar-refractivity contribution in [2.75, 3.05) is 5.33 Å². The van der Waals surface area contributed by atoms with Gasteiger partial charge in [0, 0.05) is 22.2 Å². The third-order valence-electron chi connectivity index (χ3n) is 6.88. The molecule has 21 heteroatoms. The number of thiocarbonyl (C=S) groups is 1. The van der Waals surface area contributed by atoms with E-state index in [2.05, 4.69) is 42.0 Å². The van der Waals surface area contributed by atoms with Gasteiger partial charge in [-0.15, -0.1) is 11.3 Å². The fourth-order valence-electron chi connectivity index (χ4n) is 4.38. The number of furan rings is 5. The van der Waals surface area contributed by atoms with E-state index in [9.17, 15) is 35.1 Å². The lowest BCUT2D eigenvalue weighted by Crippen LogP contribution is -2.07. The lowest BCUT2D eigenvalue weighted by molar-refractivity contribution is -0.402. The number of benzene rings is 2. The van der Waals surface area contributed by atoms with Crippen LogP contribution in [0, 0.1) is 41.7 Å². The molecular weight excluding hydrogens is 840 g/mol. The molecule has 0 unspecified atom stereocenters. The van der Waals surface area contributed by atoms with Gasteiger partial charge >= 0.3 is 17.7 Å². The standard InChI is InChI=1S/C15H8N2O4S.C10H7BrO2.C5H4N2O3S.C5H2N2O3/c18-17(19)14-6-5-12(21-14)15-16-10(8-22-15)13-7-9-3-1-2-4-11(9)20-13;11-6-8(12)10-5-7-3-1-2-4-9(7)13-10;6-5(11)3-1-2-4(10-3)7(8)9;6-3-4-1-2-5(10-4)7(8)9/h1-8H;1-5H,6H2;1-2H,(H2,6,11);1-2H. The number of Topliss-reactive ketones (excluding diaryl/α,β-unsaturated/α-hetero) is 1. The van der Waals surface area contributed by atoms with Gasteiger partial charge in [0.2, 0.25) is 11.5 Å². The van der Waals surface area contributed by atoms with Crippen molar-refractivity contribution in [2.45, 2.75) is 0 Å². The highest BCUT2D eigenvalue weighted by Gasteiger charge is 2.18. The first-order chi connectivity index (χ1) is 26.9. The van der Waals surface area contributed by atoms with Crippen LogP contribution in [0.5, 0.6) is 0 Å². The summed E-state index contributed by atoms with van der Waals surface area (Å²) in [6, 6.07) is 28.4. The van der Waals surface area contributed by atoms with Gasteiger partial charge in [-0.3, -0.25) is 35.1 Å². The van der Waals surface area contributed by atoms with Gasteiger partial charge in [-0.2, -0.15) is 5.26 Å². The summed E-state index contributed by atoms with van der Waals surface area (Å²) in [7, 11) is 0. The zero-order chi connectivity index (χ0) is 40.4. The highest BCUT2D eigenvalue weighted by atomic mass is 79.9. The molecule has 8 aromatic rings. The van der Waals surface area contributed by atoms with E-state index in [-0.39, 0.29) is 34.1 Å². The number of nitriles is 1. The number of rotatable bonds is 8. The summed E-state index contributed by atoms with van der Waals surface area (Å²) in [5.74, 6) is 0.469. The van der Waals surface area contributed by atoms with Crippen LogP contribution >= 0.6 is 39.5 Å². The summed E-state index contributed by atoms with van der Waals surface area (Å²) in [4.78, 5) is 44.4. The molecule has 0 saturated heterocycles. The minimum atomic E-state index is -0.694. The number of thiazole rings is 1. The molecule has 0 aliphatic carbocycles. The number of fused-ring (bicyclic) bond motifs is 2. The number of nitrogens with zero attached hydrogens (tertiary/aromatic N) is 5. The zero-order valence-corrected chi connectivity index (χ0v) is 31.1. The Morgan fingerprint density at radius 2 is 1.32 bits per heavy atom. The Labute approximate surface area is 329 Å². The Morgan fingerprint density at radius 3 is 1.82 bits per heavy atom. The first-order valence-electron chi connectivity index (χ1n) is 15.3. The molecule has 0 bridgehead atoms. The number of nitro groups is 3. The first-order valence-corrected chi connectivity index (χ1v) is 17.7. The molecule has 282 valence electrons. The van der Waals surface area contributed by atoms with Crippen LogP contribution in [0.15, 0.2) is 125 Å². The van der Waals surface area contributed by atoms with E-state index >= 15 is 0 Å². The normalized spacial score (nSPS) is 10.2. The number of carbonyl (C=O) groups is 1. The molecule has 0 radical (unpaired) electrons. The number of aromatic nitrogens is 1. The summed E-state index contributed by atoms with van der Waals surface area (Å²) in [5, 5.41) is 43.5. The fraction of sp³-hybridized carbons (Fsp3) is 0.0286. The predicted octanol–water partition coefficient (Wildman–Crippen LogP) is 9.62. The minimum absolute atomic E-state index is 0.0121. The smallest absolute Gasteiger partial charge is 0.434 e. The average molecular weight is 862 g/mol. The number of hydrogen-bond donors (Lipinski definition) is 1. The van der Waals surface area contributed by atoms with Crippen molar-refractivity contribution >= 4 is 89.8 Å². The summed E-state index contributed by atoms with van der Waals surface area (Å²) >= 11 is 8.97. The Morgan fingerprint density at radius 1 is 0.750 bits per heavy atom. The van der Waals surface area contributed by atoms with Crippen molar-refractivity contribution in [1.29, 1.82) is 5.26 Å². The SMILES string of the molecule is N#Cc1ccc([N+](=O)[O-])o1.NC(=S)c1ccc([N+](=O)[O-])o1.O=C(CBr)c1cc2ccccc2o1.O=[N+]([O-])c1ccc(-c2nc(-c3cc4ccccc4o3)cs2)o1. The maximum atomic E-state index is 11.2. The maximum Gasteiger partial charge on any atom is 0.434 e. The largest absolute Gasteiger partial charge is 0.454 e. The van der Waals surface area contributed by atoms with Crippen molar-refractivity contribution < 1.29 is 41.7 Å². The van der Waals surface area contributed by atoms with Crippen molar-refractivity contribution in [3.63, 3.8) is 0 Å². The number of halogens is 1. The van der Waals surface area contributed by atoms with Crippen molar-refractivity contribution in [3.05, 3.63) is 150 Å². The van der Waals surface area contributed by atoms with Gasteiger partial charge in [0.1, 0.15) is 42.7 Å². The highest BCUT2D eigenvalue weighted by molar-refractivity contribution is 9.09. The van der Waals surface area contributed by atoms with E-state index in [0.29, 0.717) is 33.3 Å². The molecule has 0 aliphatic heterocycles. The zero-order valence-electron chi connectivity index (χ0n) is 27.9. The summed E-state index contributed by atoms with van der Waals surface area (Å²) in [6.45, 7) is 0. The fourth-order valence-corrected chi connectivity index (χ4v) is 5.53. The van der Waals surface area contributed by atoms with Crippen LogP contribution < -0.4 is 5.73 Å². The van der Waals surface area contributed by atoms with Crippen LogP contribution in [0.1, 0.15) is 22.1 Å². The van der Waals surface area contributed by atoms with E-state index in [1.807, 2.05) is 60.0 Å². The Bertz CT molecular complexity index is 2640. The third-order valence-corrected chi connectivity index (χ3v) is 8.45. The van der Waals surface area contributed by atoms with Crippen LogP contribution in [0.2, 0.25) is 0 Å². The molecule has 0 amide bonds. The van der Waals surface area contributed by atoms with E-state index in [1.54, 1.807) is 18.2 Å². The van der Waals surface area contributed by atoms with Gasteiger partial charge in [0.05, 0.1) is 23.5 Å². The highest BCUT2D eigenvalue weighted by Crippen LogP contribution is 2.34. The third kappa shape index (κ3) is 10.0. The topological polar surface area (TPSA) is 275 Å². The van der Waals surface area contributed by atoms with Crippen LogP contribution in [0.25, 0.3) is 44.2 Å². The van der Waals surface area contributed by atoms with Crippen molar-refractivity contribution in [2.24, 2.45) is 5.73 Å². The molecule has 8 rings (SSSR count). The minimum Gasteiger partial charge on any atom is -0.454 e. The molecule has 0 fully saturated rings. The Kier molecular flexibility index (Phi) is 12.9. The second-order valence-electron chi connectivity index (χ2n) is 10.6. The molecule has 6 aromatic heterocycles. The van der Waals surface area contributed by atoms with Crippen LogP contribution in [-0.4, -0.2) is 35.9 Å². The molecule has 0 spiro atoms. The summed E-state index contributed by atoms with van der Waals surface area (Å²) in [6.07, 6.45) is 0. The number of alkyl halides is 1. The molecular formula is C35H21BrN6O12S2. The first kappa shape index (κ1) is 39.9. The predicted molar refractivity (Wildman–Crippen MR) is 207 cm³/mol. The number of para-hydroxylation sites is 2. The van der Waals surface area contributed by atoms with Gasteiger partial charge in [0.25, 0.3) is 0 Å². The molecule has 2 N–H and O–H groups in total. The number of carbonyl (C=O) groups excluding carboxylic acids is 1. The van der Waals surface area contributed by atoms with Gasteiger partial charge in [-0.05, 0) is 36.4 Å². The molecule has 2 aromatic carbocycles. The Balaban J connectivity index is 0.000000152. The number of hydrogen-bond acceptors (Lipinski definition) is 16. The number of nitrogens with two attached hydrogens (primary N) is 1. The molecule has 6 heterocycles. The van der Waals surface area contributed by atoms with Gasteiger partial charge in [-0.25, -0.2) is 4.98 Å². The monoisotopic (exact) mass is 860 g/mol. The van der Waals surface area contributed by atoms with Crippen molar-refractivity contribution in [3.8, 4) is 28.3 Å². The van der Waals surface area contributed by atoms with Gasteiger partial charge in [-0.1, -0.05) is 64.5 Å². The summed E-state index contributed by atoms with van der Waals surface area (Å²) < 4.78 is 25.3. The second kappa shape index (κ2) is 18.2. The molecule has 18 nitrogen and oxygen atoms in total. The van der Waals surface area contributed by atoms with Gasteiger partial charge in [0.15, 0.2) is 28.0 Å². The lowest BCUT2D eigenvalue weighted by Gasteiger charge is -1.89. The van der Waals surface area contributed by atoms with E-state index in [0.717, 1.165) is 28.0 Å². The molecule has 0 atom stereocenters. The number of ketones is 1. The van der Waals surface area contributed by atoms with Crippen LogP contribution in [0.4, 0.5) is 17.7 Å². The second-order valence-corrected chi connectivity index (χ2v) is 12.4. The van der Waals surface area contributed by atoms with Crippen molar-refractivity contribution in [1.82, 2.24) is 4.98 Å². The van der Waals surface area contributed by atoms with E-state index in [4.69, 9.17) is 24.2 Å². The quantitative estimate of drug-likeness (QED) is 0.0489. The molecule has 0 saturated carbocycles. The van der Waals surface area contributed by atoms with Crippen LogP contribution in [-0.2, 0) is 0 Å². The lowest BCUT2D eigenvalue weighted by atomic mass is 10.2. The van der Waals surface area contributed by atoms with Crippen LogP contribution in [0.3, 0.4) is 0 Å². The summed E-state index contributed by atoms with van der Waals surface area (Å²) in [5.41, 5.74) is 7.37. The average Bonchev–Trinajstić information content (AvgIpc) is 4.04. The maximum absolute atomic E-state index is 11.2.